The summed E-state index contributed by atoms with van der Waals surface area (Å²) < 4.78 is 18.3. The molecule has 0 aliphatic carbocycles. The van der Waals surface area contributed by atoms with Gasteiger partial charge in [-0.25, -0.2) is 9.37 Å². The highest BCUT2D eigenvalue weighted by molar-refractivity contribution is 6.32. The van der Waals surface area contributed by atoms with Gasteiger partial charge in [-0.2, -0.15) is 4.98 Å². The Hall–Kier alpha value is -2.08. The third-order valence-electron chi connectivity index (χ3n) is 2.50. The molecule has 0 fully saturated rings. The molecule has 7 heteroatoms. The van der Waals surface area contributed by atoms with E-state index in [1.54, 1.807) is 6.07 Å². The lowest BCUT2D eigenvalue weighted by Gasteiger charge is -2.12. The maximum Gasteiger partial charge on any atom is 0.224 e. The van der Waals surface area contributed by atoms with E-state index in [2.05, 4.69) is 20.6 Å². The highest BCUT2D eigenvalue weighted by Crippen LogP contribution is 2.30. The molecule has 2 N–H and O–H groups in total. The van der Waals surface area contributed by atoms with Gasteiger partial charge in [0.25, 0.3) is 0 Å². The number of nitrogens with one attached hydrogen (secondary N) is 2. The van der Waals surface area contributed by atoms with Crippen molar-refractivity contribution in [1.29, 1.82) is 0 Å². The molecule has 2 rings (SSSR count). The van der Waals surface area contributed by atoms with Gasteiger partial charge in [0, 0.05) is 12.6 Å². The smallest absolute Gasteiger partial charge is 0.224 e. The number of halogens is 2. The maximum atomic E-state index is 13.1. The van der Waals surface area contributed by atoms with E-state index in [0.717, 1.165) is 0 Å². The number of hydrogen-bond acceptors (Lipinski definition) is 5. The minimum Gasteiger partial charge on any atom is -0.494 e. The number of ether oxygens (including phenoxy) is 1. The number of rotatable bonds is 5. The lowest BCUT2D eigenvalue weighted by Crippen LogP contribution is -2.05. The second-order valence-corrected chi connectivity index (χ2v) is 4.30. The van der Waals surface area contributed by atoms with Gasteiger partial charge in [0.15, 0.2) is 5.82 Å². The van der Waals surface area contributed by atoms with Crippen molar-refractivity contribution >= 4 is 29.1 Å². The highest BCUT2D eigenvalue weighted by Gasteiger charge is 2.09. The van der Waals surface area contributed by atoms with Crippen molar-refractivity contribution in [3.05, 3.63) is 35.2 Å². The predicted molar refractivity (Wildman–Crippen MR) is 77.4 cm³/mol. The molecule has 0 aliphatic rings. The Morgan fingerprint density at radius 3 is 2.90 bits per heavy atom. The first-order chi connectivity index (χ1) is 9.63. The Morgan fingerprint density at radius 1 is 1.40 bits per heavy atom. The molecule has 106 valence electrons. The van der Waals surface area contributed by atoms with Gasteiger partial charge < -0.3 is 15.4 Å². The zero-order chi connectivity index (χ0) is 14.5. The molecule has 0 saturated heterocycles. The zero-order valence-electron chi connectivity index (χ0n) is 11.1. The predicted octanol–water partition coefficient (Wildman–Crippen LogP) is 3.45. The van der Waals surface area contributed by atoms with E-state index in [1.807, 2.05) is 6.92 Å². The molecule has 1 aromatic heterocycles. The number of benzene rings is 1. The molecule has 1 aromatic carbocycles. The summed E-state index contributed by atoms with van der Waals surface area (Å²) in [4.78, 5) is 8.28. The fourth-order valence-electron chi connectivity index (χ4n) is 1.59. The molecule has 5 nitrogen and oxygen atoms in total. The largest absolute Gasteiger partial charge is 0.494 e. The summed E-state index contributed by atoms with van der Waals surface area (Å²) in [7, 11) is 1.46. The first-order valence-corrected chi connectivity index (χ1v) is 6.38. The molecule has 0 aliphatic heterocycles. The fraction of sp³-hybridized carbons (Fsp3) is 0.231. The Morgan fingerprint density at radius 2 is 2.20 bits per heavy atom. The van der Waals surface area contributed by atoms with Crippen LogP contribution in [-0.4, -0.2) is 23.6 Å². The molecule has 20 heavy (non-hydrogen) atoms. The zero-order valence-corrected chi connectivity index (χ0v) is 11.8. The van der Waals surface area contributed by atoms with Crippen molar-refractivity contribution in [2.75, 3.05) is 24.3 Å². The quantitative estimate of drug-likeness (QED) is 0.885. The Kier molecular flexibility index (Phi) is 4.57. The monoisotopic (exact) mass is 296 g/mol. The van der Waals surface area contributed by atoms with Crippen molar-refractivity contribution in [2.24, 2.45) is 0 Å². The molecule has 0 amide bonds. The van der Waals surface area contributed by atoms with Crippen molar-refractivity contribution in [2.45, 2.75) is 6.92 Å². The van der Waals surface area contributed by atoms with E-state index in [4.69, 9.17) is 16.3 Å². The fourth-order valence-corrected chi connectivity index (χ4v) is 1.73. The summed E-state index contributed by atoms with van der Waals surface area (Å²) in [6.45, 7) is 2.63. The number of hydrogen-bond donors (Lipinski definition) is 2. The van der Waals surface area contributed by atoms with Crippen molar-refractivity contribution in [1.82, 2.24) is 9.97 Å². The number of nitrogens with zero attached hydrogens (tertiary/aromatic N) is 2. The second-order valence-electron chi connectivity index (χ2n) is 3.89. The van der Waals surface area contributed by atoms with Crippen LogP contribution in [0.5, 0.6) is 5.75 Å². The van der Waals surface area contributed by atoms with Gasteiger partial charge in [-0.1, -0.05) is 11.6 Å². The van der Waals surface area contributed by atoms with Crippen LogP contribution in [0.1, 0.15) is 6.92 Å². The molecule has 1 heterocycles. The highest BCUT2D eigenvalue weighted by atomic mass is 35.5. The van der Waals surface area contributed by atoms with Crippen LogP contribution >= 0.6 is 11.6 Å². The van der Waals surface area contributed by atoms with Crippen LogP contribution in [0.4, 0.5) is 21.8 Å². The molecule has 0 radical (unpaired) electrons. The van der Waals surface area contributed by atoms with Gasteiger partial charge in [0.1, 0.15) is 16.6 Å². The number of anilines is 3. The summed E-state index contributed by atoms with van der Waals surface area (Å²) in [6, 6.07) is 4.16. The third-order valence-corrected chi connectivity index (χ3v) is 2.77. The lowest BCUT2D eigenvalue weighted by molar-refractivity contribution is 0.413. The summed E-state index contributed by atoms with van der Waals surface area (Å²) in [5.41, 5.74) is 0.567. The Labute approximate surface area is 121 Å². The summed E-state index contributed by atoms with van der Waals surface area (Å²) in [6.07, 6.45) is 1.49. The van der Waals surface area contributed by atoms with E-state index in [9.17, 15) is 4.39 Å². The SMILES string of the molecule is CCNc1ncc(Cl)c(Nc2ccc(F)cc2OC)n1. The second kappa shape index (κ2) is 6.38. The van der Waals surface area contributed by atoms with Crippen molar-refractivity contribution < 1.29 is 9.13 Å². The van der Waals surface area contributed by atoms with E-state index < -0.39 is 0 Å². The van der Waals surface area contributed by atoms with E-state index in [1.165, 1.54) is 25.4 Å². The molecule has 0 bridgehead atoms. The van der Waals surface area contributed by atoms with Crippen LogP contribution in [0.2, 0.25) is 5.02 Å². The van der Waals surface area contributed by atoms with Gasteiger partial charge in [-0.15, -0.1) is 0 Å². The average Bonchev–Trinajstić information content (AvgIpc) is 2.44. The minimum absolute atomic E-state index is 0.359. The van der Waals surface area contributed by atoms with Gasteiger partial charge >= 0.3 is 0 Å². The molecular formula is C13H14ClFN4O. The molecule has 0 spiro atoms. The summed E-state index contributed by atoms with van der Waals surface area (Å²) in [5.74, 6) is 0.863. The maximum absolute atomic E-state index is 13.1. The summed E-state index contributed by atoms with van der Waals surface area (Å²) in [5, 5.41) is 6.35. The summed E-state index contributed by atoms with van der Waals surface area (Å²) >= 11 is 6.04. The first-order valence-electron chi connectivity index (χ1n) is 6.01. The lowest BCUT2D eigenvalue weighted by atomic mass is 10.3. The third kappa shape index (κ3) is 3.27. The van der Waals surface area contributed by atoms with E-state index in [-0.39, 0.29) is 5.82 Å². The van der Waals surface area contributed by atoms with Crippen LogP contribution in [0.3, 0.4) is 0 Å². The van der Waals surface area contributed by atoms with Gasteiger partial charge in [0.2, 0.25) is 5.95 Å². The van der Waals surface area contributed by atoms with Crippen LogP contribution in [0.15, 0.2) is 24.4 Å². The van der Waals surface area contributed by atoms with Gasteiger partial charge in [-0.3, -0.25) is 0 Å². The Bertz CT molecular complexity index is 609. The molecule has 0 atom stereocenters. The molecule has 0 saturated carbocycles. The van der Waals surface area contributed by atoms with Crippen LogP contribution in [0.25, 0.3) is 0 Å². The molecule has 0 unspecified atom stereocenters. The Balaban J connectivity index is 2.31. The standard InChI is InChI=1S/C13H14ClFN4O/c1-3-16-13-17-7-9(14)12(19-13)18-10-5-4-8(15)6-11(10)20-2/h4-7H,3H2,1-2H3,(H2,16,17,18,19). The van der Waals surface area contributed by atoms with Crippen molar-refractivity contribution in [3.8, 4) is 5.75 Å². The normalized spacial score (nSPS) is 10.2. The van der Waals surface area contributed by atoms with Crippen LogP contribution < -0.4 is 15.4 Å². The minimum atomic E-state index is -0.380. The molecule has 2 aromatic rings. The van der Waals surface area contributed by atoms with Gasteiger partial charge in [0.05, 0.1) is 19.0 Å². The average molecular weight is 297 g/mol. The number of methoxy groups -OCH3 is 1. The van der Waals surface area contributed by atoms with Crippen LogP contribution in [-0.2, 0) is 0 Å². The van der Waals surface area contributed by atoms with Crippen LogP contribution in [0, 0.1) is 5.82 Å². The molecular weight excluding hydrogens is 283 g/mol. The van der Waals surface area contributed by atoms with Crippen molar-refractivity contribution in [3.63, 3.8) is 0 Å². The first kappa shape index (κ1) is 14.3. The number of aromatic nitrogens is 2. The van der Waals surface area contributed by atoms with E-state index in [0.29, 0.717) is 34.8 Å². The van der Waals surface area contributed by atoms with E-state index >= 15 is 0 Å². The van der Waals surface area contributed by atoms with Gasteiger partial charge in [-0.05, 0) is 19.1 Å². The topological polar surface area (TPSA) is 59.1 Å².